The van der Waals surface area contributed by atoms with Crippen LogP contribution in [0.25, 0.3) is 0 Å². The Kier molecular flexibility index (Phi) is 17.7. The summed E-state index contributed by atoms with van der Waals surface area (Å²) in [6.45, 7) is -0.886. The summed E-state index contributed by atoms with van der Waals surface area (Å²) in [6, 6.07) is -1.28. The molecule has 0 aromatic carbocycles. The summed E-state index contributed by atoms with van der Waals surface area (Å²) in [6.07, 6.45) is 5.56. The molecule has 0 aromatic rings. The van der Waals surface area contributed by atoms with Gasteiger partial charge in [0.15, 0.2) is 0 Å². The van der Waals surface area contributed by atoms with Crippen molar-refractivity contribution in [3.63, 3.8) is 0 Å². The van der Waals surface area contributed by atoms with E-state index < -0.39 is 54.5 Å². The van der Waals surface area contributed by atoms with Crippen molar-refractivity contribution in [2.75, 3.05) is 65.7 Å². The lowest BCUT2D eigenvalue weighted by atomic mass is 9.88. The Morgan fingerprint density at radius 2 is 1.40 bits per heavy atom. The first kappa shape index (κ1) is 40.8. The number of carbonyl (C=O) groups is 6. The van der Waals surface area contributed by atoms with E-state index in [4.69, 9.17) is 16.2 Å². The molecule has 1 saturated carbocycles. The van der Waals surface area contributed by atoms with Gasteiger partial charge in [0.2, 0.25) is 11.8 Å². The van der Waals surface area contributed by atoms with Crippen molar-refractivity contribution < 1.29 is 53.9 Å². The molecule has 18 nitrogen and oxygen atoms in total. The summed E-state index contributed by atoms with van der Waals surface area (Å²) in [4.78, 5) is 75.7. The van der Waals surface area contributed by atoms with E-state index in [9.17, 15) is 49.2 Å². The van der Waals surface area contributed by atoms with Crippen molar-refractivity contribution in [3.05, 3.63) is 0 Å². The molecule has 0 aromatic heterocycles. The Hall–Kier alpha value is -3.42. The van der Waals surface area contributed by atoms with Crippen LogP contribution in [0.5, 0.6) is 0 Å². The number of carboxylic acid groups (broad SMARTS) is 4. The highest BCUT2D eigenvalue weighted by atomic mass is 16.5. The van der Waals surface area contributed by atoms with Gasteiger partial charge in [-0.05, 0) is 51.5 Å². The Labute approximate surface area is 280 Å². The highest BCUT2D eigenvalue weighted by molar-refractivity contribution is 5.79. The molecule has 2 fully saturated rings. The van der Waals surface area contributed by atoms with Crippen LogP contribution in [0.1, 0.15) is 64.2 Å². The van der Waals surface area contributed by atoms with Crippen LogP contribution >= 0.6 is 0 Å². The molecule has 0 unspecified atom stereocenters. The minimum absolute atomic E-state index is 0.0345. The molecule has 2 amide bonds. The van der Waals surface area contributed by atoms with Gasteiger partial charge in [0.25, 0.3) is 0 Å². The fourth-order valence-corrected chi connectivity index (χ4v) is 6.73. The van der Waals surface area contributed by atoms with Crippen molar-refractivity contribution in [2.45, 2.75) is 87.9 Å². The van der Waals surface area contributed by atoms with Gasteiger partial charge in [-0.25, -0.2) is 0 Å². The Bertz CT molecular complexity index is 1050. The van der Waals surface area contributed by atoms with Crippen molar-refractivity contribution in [2.24, 2.45) is 11.5 Å². The number of aliphatic carboxylic acids is 4. The van der Waals surface area contributed by atoms with Crippen LogP contribution in [0.3, 0.4) is 0 Å². The predicted octanol–water partition coefficient (Wildman–Crippen LogP) is -1.87. The highest BCUT2D eigenvalue weighted by Gasteiger charge is 2.49. The number of ether oxygens (including phenoxy) is 1. The van der Waals surface area contributed by atoms with Crippen molar-refractivity contribution in [1.29, 1.82) is 0 Å². The normalized spacial score (nSPS) is 20.4. The van der Waals surface area contributed by atoms with Crippen molar-refractivity contribution in [3.8, 4) is 0 Å². The number of carbonyl (C=O) groups excluding carboxylic acids is 2. The van der Waals surface area contributed by atoms with E-state index in [1.54, 1.807) is 9.80 Å². The second-order valence-corrected chi connectivity index (χ2v) is 12.6. The first-order chi connectivity index (χ1) is 22.7. The SMILES string of the molecule is NC(=O)[C@@H](N)CCCCNC(=O)CCCOCNCCC1(N(CC(=O)O)CC(=O)O)CN(CC(=O)O)[C@@H]2CCCC[C@H]2N(CC(=O)O)C1. The van der Waals surface area contributed by atoms with Crippen LogP contribution in [0, 0.1) is 0 Å². The summed E-state index contributed by atoms with van der Waals surface area (Å²) < 4.78 is 5.61. The minimum Gasteiger partial charge on any atom is -0.480 e. The first-order valence-corrected chi connectivity index (χ1v) is 16.4. The molecule has 0 spiro atoms. The number of amides is 2. The molecule has 48 heavy (non-hydrogen) atoms. The summed E-state index contributed by atoms with van der Waals surface area (Å²) in [5, 5.41) is 45.0. The van der Waals surface area contributed by atoms with E-state index in [1.807, 2.05) is 0 Å². The third-order valence-electron chi connectivity index (χ3n) is 8.92. The molecule has 1 saturated heterocycles. The van der Waals surface area contributed by atoms with Gasteiger partial charge in [-0.3, -0.25) is 48.8 Å². The van der Waals surface area contributed by atoms with Gasteiger partial charge in [-0.1, -0.05) is 12.8 Å². The fourth-order valence-electron chi connectivity index (χ4n) is 6.73. The van der Waals surface area contributed by atoms with E-state index >= 15 is 0 Å². The molecule has 3 atom stereocenters. The van der Waals surface area contributed by atoms with Gasteiger partial charge >= 0.3 is 23.9 Å². The van der Waals surface area contributed by atoms with Gasteiger partial charge < -0.3 is 41.9 Å². The molecular weight excluding hydrogens is 634 g/mol. The molecule has 2 aliphatic rings. The summed E-state index contributed by atoms with van der Waals surface area (Å²) in [7, 11) is 0. The maximum Gasteiger partial charge on any atom is 0.317 e. The predicted molar refractivity (Wildman–Crippen MR) is 171 cm³/mol. The van der Waals surface area contributed by atoms with E-state index in [-0.39, 0.29) is 76.9 Å². The number of unbranched alkanes of at least 4 members (excludes halogenated alkanes) is 1. The molecule has 2 rings (SSSR count). The van der Waals surface area contributed by atoms with Crippen LogP contribution < -0.4 is 22.1 Å². The average Bonchev–Trinajstić information content (AvgIpc) is 3.12. The van der Waals surface area contributed by atoms with E-state index in [0.717, 1.165) is 12.8 Å². The molecule has 10 N–H and O–H groups in total. The van der Waals surface area contributed by atoms with E-state index in [2.05, 4.69) is 10.6 Å². The minimum atomic E-state index is -1.26. The first-order valence-electron chi connectivity index (χ1n) is 16.4. The lowest BCUT2D eigenvalue weighted by Crippen LogP contribution is -2.63. The van der Waals surface area contributed by atoms with Gasteiger partial charge in [-0.2, -0.15) is 0 Å². The Morgan fingerprint density at radius 1 is 0.833 bits per heavy atom. The second kappa shape index (κ2) is 20.8. The molecule has 0 radical (unpaired) electrons. The van der Waals surface area contributed by atoms with Crippen molar-refractivity contribution >= 4 is 35.7 Å². The second-order valence-electron chi connectivity index (χ2n) is 12.6. The monoisotopic (exact) mass is 687 g/mol. The summed E-state index contributed by atoms with van der Waals surface area (Å²) in [5.41, 5.74) is 9.47. The Morgan fingerprint density at radius 3 is 1.90 bits per heavy atom. The average molecular weight is 688 g/mol. The van der Waals surface area contributed by atoms with Crippen LogP contribution in [-0.2, 0) is 33.5 Å². The lowest BCUT2D eigenvalue weighted by molar-refractivity contribution is -0.148. The largest absolute Gasteiger partial charge is 0.480 e. The highest BCUT2D eigenvalue weighted by Crippen LogP contribution is 2.35. The van der Waals surface area contributed by atoms with Gasteiger partial charge in [0, 0.05) is 50.3 Å². The Balaban J connectivity index is 2.04. The number of nitrogens with one attached hydrogen (secondary N) is 2. The standard InChI is InChI=1S/C30H53N7O11/c31-21(29(32)47)6-3-4-11-34-24(38)9-5-13-48-20-33-12-10-30(37(16-27(43)44)17-28(45)46)18-35(14-25(39)40)22-7-1-2-8-23(22)36(19-30)15-26(41)42/h21-23,33H,1-20,31H2,(H2,32,47)(H,34,38)(H,39,40)(H,41,42)(H,43,44)(H,45,46)/t21-,22+,23+/m0/s1. The van der Waals surface area contributed by atoms with Crippen LogP contribution in [0.2, 0.25) is 0 Å². The summed E-state index contributed by atoms with van der Waals surface area (Å²) >= 11 is 0. The number of hydrogen-bond acceptors (Lipinski definition) is 12. The van der Waals surface area contributed by atoms with E-state index in [1.165, 1.54) is 4.90 Å². The third-order valence-corrected chi connectivity index (χ3v) is 8.92. The number of nitrogens with zero attached hydrogens (tertiary/aromatic N) is 3. The zero-order valence-corrected chi connectivity index (χ0v) is 27.5. The molecule has 1 aliphatic carbocycles. The van der Waals surface area contributed by atoms with Crippen molar-refractivity contribution in [1.82, 2.24) is 25.3 Å². The molecular formula is C30H53N7O11. The number of primary amides is 1. The zero-order valence-electron chi connectivity index (χ0n) is 27.5. The molecule has 1 aliphatic heterocycles. The zero-order chi connectivity index (χ0) is 35.7. The molecule has 0 bridgehead atoms. The molecule has 1 heterocycles. The van der Waals surface area contributed by atoms with Gasteiger partial charge in [0.1, 0.15) is 0 Å². The van der Waals surface area contributed by atoms with Gasteiger partial charge in [-0.15, -0.1) is 0 Å². The quantitative estimate of drug-likeness (QED) is 0.0407. The topological polar surface area (TPSA) is 278 Å². The number of hydrogen-bond donors (Lipinski definition) is 8. The number of fused-ring (bicyclic) bond motifs is 1. The smallest absolute Gasteiger partial charge is 0.317 e. The summed E-state index contributed by atoms with van der Waals surface area (Å²) in [5.74, 6) is -5.41. The van der Waals surface area contributed by atoms with Crippen LogP contribution in [0.4, 0.5) is 0 Å². The number of nitrogens with two attached hydrogens (primary N) is 2. The molecule has 18 heteroatoms. The number of carboxylic acids is 4. The van der Waals surface area contributed by atoms with Crippen LogP contribution in [0.15, 0.2) is 0 Å². The third kappa shape index (κ3) is 14.4. The molecule has 274 valence electrons. The fraction of sp³-hybridized carbons (Fsp3) is 0.800. The maximum absolute atomic E-state index is 12.1. The van der Waals surface area contributed by atoms with Gasteiger partial charge in [0.05, 0.1) is 39.0 Å². The van der Waals surface area contributed by atoms with E-state index in [0.29, 0.717) is 45.1 Å². The maximum atomic E-state index is 12.1. The lowest BCUT2D eigenvalue weighted by Gasteiger charge is -2.45. The number of rotatable bonds is 24. The van der Waals surface area contributed by atoms with Crippen LogP contribution in [-0.4, -0.2) is 160 Å².